The Hall–Kier alpha value is -2.34. The van der Waals surface area contributed by atoms with Gasteiger partial charge in [0.1, 0.15) is 5.82 Å². The molecule has 6 nitrogen and oxygen atoms in total. The second kappa shape index (κ2) is 10.7. The molecule has 0 saturated heterocycles. The van der Waals surface area contributed by atoms with E-state index in [2.05, 4.69) is 37.7 Å². The SMILES string of the molecule is CN=C(NCCOC1CCCCCC1)NCc1ncc(-c2ccccc2)[nH]1. The van der Waals surface area contributed by atoms with E-state index in [4.69, 9.17) is 4.74 Å². The minimum atomic E-state index is 0.434. The number of ether oxygens (including phenoxy) is 1. The van der Waals surface area contributed by atoms with Crippen LogP contribution in [0.5, 0.6) is 0 Å². The van der Waals surface area contributed by atoms with E-state index < -0.39 is 0 Å². The Labute approximate surface area is 161 Å². The summed E-state index contributed by atoms with van der Waals surface area (Å²) in [4.78, 5) is 12.0. The van der Waals surface area contributed by atoms with Crippen molar-refractivity contribution in [1.82, 2.24) is 20.6 Å². The number of aromatic nitrogens is 2. The van der Waals surface area contributed by atoms with E-state index in [1.807, 2.05) is 24.4 Å². The maximum atomic E-state index is 6.01. The summed E-state index contributed by atoms with van der Waals surface area (Å²) in [6, 6.07) is 10.2. The third kappa shape index (κ3) is 6.40. The van der Waals surface area contributed by atoms with E-state index in [1.54, 1.807) is 7.05 Å². The van der Waals surface area contributed by atoms with Crippen molar-refractivity contribution in [3.63, 3.8) is 0 Å². The summed E-state index contributed by atoms with van der Waals surface area (Å²) in [7, 11) is 1.78. The molecule has 1 aliphatic rings. The second-order valence-corrected chi connectivity index (χ2v) is 6.95. The van der Waals surface area contributed by atoms with Crippen LogP contribution in [0.1, 0.15) is 44.3 Å². The molecule has 1 aliphatic carbocycles. The van der Waals surface area contributed by atoms with Crippen LogP contribution in [-0.2, 0) is 11.3 Å². The van der Waals surface area contributed by atoms with Gasteiger partial charge in [0, 0.05) is 13.6 Å². The summed E-state index contributed by atoms with van der Waals surface area (Å²) in [5.41, 5.74) is 2.15. The molecule has 0 unspecified atom stereocenters. The minimum Gasteiger partial charge on any atom is -0.376 e. The van der Waals surface area contributed by atoms with Gasteiger partial charge in [0.05, 0.1) is 31.1 Å². The topological polar surface area (TPSA) is 74.3 Å². The number of aliphatic imine (C=N–C) groups is 1. The van der Waals surface area contributed by atoms with Crippen LogP contribution in [0.25, 0.3) is 11.3 Å². The van der Waals surface area contributed by atoms with Crippen molar-refractivity contribution in [3.05, 3.63) is 42.4 Å². The first-order chi connectivity index (χ1) is 13.3. The molecule has 6 heteroatoms. The Balaban J connectivity index is 1.37. The van der Waals surface area contributed by atoms with Gasteiger partial charge in [-0.15, -0.1) is 0 Å². The summed E-state index contributed by atoms with van der Waals surface area (Å²) in [5.74, 6) is 1.64. The van der Waals surface area contributed by atoms with Gasteiger partial charge in [0.25, 0.3) is 0 Å². The smallest absolute Gasteiger partial charge is 0.191 e. The van der Waals surface area contributed by atoms with Gasteiger partial charge in [-0.25, -0.2) is 4.98 Å². The number of H-pyrrole nitrogens is 1. The summed E-state index contributed by atoms with van der Waals surface area (Å²) in [6.45, 7) is 2.06. The van der Waals surface area contributed by atoms with Crippen LogP contribution >= 0.6 is 0 Å². The van der Waals surface area contributed by atoms with Crippen LogP contribution in [0.3, 0.4) is 0 Å². The molecule has 1 saturated carbocycles. The van der Waals surface area contributed by atoms with Crippen LogP contribution in [0, 0.1) is 0 Å². The molecule has 1 heterocycles. The number of hydrogen-bond donors (Lipinski definition) is 3. The highest BCUT2D eigenvalue weighted by Crippen LogP contribution is 2.19. The zero-order valence-electron chi connectivity index (χ0n) is 16.2. The molecule has 146 valence electrons. The molecule has 0 radical (unpaired) electrons. The van der Waals surface area contributed by atoms with Crippen molar-refractivity contribution in [3.8, 4) is 11.3 Å². The quantitative estimate of drug-likeness (QED) is 0.302. The van der Waals surface area contributed by atoms with E-state index in [-0.39, 0.29) is 0 Å². The molecule has 1 aromatic heterocycles. The van der Waals surface area contributed by atoms with Crippen molar-refractivity contribution in [2.24, 2.45) is 4.99 Å². The lowest BCUT2D eigenvalue weighted by atomic mass is 10.1. The van der Waals surface area contributed by atoms with Crippen molar-refractivity contribution in [2.45, 2.75) is 51.2 Å². The second-order valence-electron chi connectivity index (χ2n) is 6.95. The predicted molar refractivity (Wildman–Crippen MR) is 110 cm³/mol. The number of nitrogens with zero attached hydrogens (tertiary/aromatic N) is 2. The average molecular weight is 370 g/mol. The number of aromatic amines is 1. The maximum Gasteiger partial charge on any atom is 0.191 e. The van der Waals surface area contributed by atoms with Crippen molar-refractivity contribution < 1.29 is 4.74 Å². The molecule has 2 aromatic rings. The van der Waals surface area contributed by atoms with Gasteiger partial charge in [-0.3, -0.25) is 4.99 Å². The molecule has 3 rings (SSSR count). The first-order valence-corrected chi connectivity index (χ1v) is 10.0. The molecule has 0 amide bonds. The molecule has 0 aliphatic heterocycles. The van der Waals surface area contributed by atoms with Crippen molar-refractivity contribution in [2.75, 3.05) is 20.2 Å². The summed E-state index contributed by atoms with van der Waals surface area (Å²) in [6.07, 6.45) is 10.0. The van der Waals surface area contributed by atoms with E-state index in [0.29, 0.717) is 19.3 Å². The largest absolute Gasteiger partial charge is 0.376 e. The van der Waals surface area contributed by atoms with Crippen molar-refractivity contribution in [1.29, 1.82) is 0 Å². The Bertz CT molecular complexity index is 690. The number of rotatable bonds is 7. The van der Waals surface area contributed by atoms with Crippen LogP contribution in [0.4, 0.5) is 0 Å². The summed E-state index contributed by atoms with van der Waals surface area (Å²) >= 11 is 0. The fourth-order valence-corrected chi connectivity index (χ4v) is 3.41. The summed E-state index contributed by atoms with van der Waals surface area (Å²) < 4.78 is 6.01. The van der Waals surface area contributed by atoms with E-state index >= 15 is 0 Å². The lowest BCUT2D eigenvalue weighted by Crippen LogP contribution is -2.39. The molecule has 27 heavy (non-hydrogen) atoms. The molecule has 0 atom stereocenters. The van der Waals surface area contributed by atoms with Gasteiger partial charge >= 0.3 is 0 Å². The van der Waals surface area contributed by atoms with Gasteiger partial charge < -0.3 is 20.4 Å². The molecule has 1 aromatic carbocycles. The number of nitrogens with one attached hydrogen (secondary N) is 3. The van der Waals surface area contributed by atoms with Gasteiger partial charge in [-0.05, 0) is 18.4 Å². The first kappa shape index (κ1) is 19.4. The van der Waals surface area contributed by atoms with E-state index in [1.165, 1.54) is 38.5 Å². The third-order valence-corrected chi connectivity index (χ3v) is 4.91. The number of imidazole rings is 1. The van der Waals surface area contributed by atoms with Crippen LogP contribution in [-0.4, -0.2) is 42.2 Å². The van der Waals surface area contributed by atoms with Crippen molar-refractivity contribution >= 4 is 5.96 Å². The minimum absolute atomic E-state index is 0.434. The van der Waals surface area contributed by atoms with Crippen LogP contribution < -0.4 is 10.6 Å². The molecular weight excluding hydrogens is 338 g/mol. The normalized spacial score (nSPS) is 16.1. The highest BCUT2D eigenvalue weighted by molar-refractivity contribution is 5.79. The molecule has 0 bridgehead atoms. The third-order valence-electron chi connectivity index (χ3n) is 4.91. The van der Waals surface area contributed by atoms with Gasteiger partial charge in [-0.1, -0.05) is 56.0 Å². The molecular formula is C21H31N5O. The molecule has 0 spiro atoms. The van der Waals surface area contributed by atoms with Crippen LogP contribution in [0.15, 0.2) is 41.5 Å². The first-order valence-electron chi connectivity index (χ1n) is 10.0. The maximum absolute atomic E-state index is 6.01. The van der Waals surface area contributed by atoms with Crippen LogP contribution in [0.2, 0.25) is 0 Å². The fourth-order valence-electron chi connectivity index (χ4n) is 3.41. The fraction of sp³-hybridized carbons (Fsp3) is 0.524. The zero-order chi connectivity index (χ0) is 18.7. The predicted octanol–water partition coefficient (Wildman–Crippen LogP) is 3.48. The van der Waals surface area contributed by atoms with E-state index in [0.717, 1.165) is 29.6 Å². The van der Waals surface area contributed by atoms with Gasteiger partial charge in [0.15, 0.2) is 5.96 Å². The summed E-state index contributed by atoms with van der Waals surface area (Å²) in [5, 5.41) is 6.59. The Morgan fingerprint density at radius 1 is 1.15 bits per heavy atom. The monoisotopic (exact) mass is 369 g/mol. The average Bonchev–Trinajstić information content (AvgIpc) is 3.04. The Kier molecular flexibility index (Phi) is 7.71. The Morgan fingerprint density at radius 2 is 1.93 bits per heavy atom. The highest BCUT2D eigenvalue weighted by atomic mass is 16.5. The molecule has 3 N–H and O–H groups in total. The zero-order valence-corrected chi connectivity index (χ0v) is 16.2. The van der Waals surface area contributed by atoms with Gasteiger partial charge in [-0.2, -0.15) is 0 Å². The number of benzene rings is 1. The van der Waals surface area contributed by atoms with Gasteiger partial charge in [0.2, 0.25) is 0 Å². The number of guanidine groups is 1. The number of hydrogen-bond acceptors (Lipinski definition) is 3. The lowest BCUT2D eigenvalue weighted by molar-refractivity contribution is 0.0468. The highest BCUT2D eigenvalue weighted by Gasteiger charge is 2.12. The molecule has 1 fully saturated rings. The lowest BCUT2D eigenvalue weighted by Gasteiger charge is -2.16. The standard InChI is InChI=1S/C21H31N5O/c1-22-21(23-13-14-27-18-11-7-2-3-8-12-18)25-16-20-24-15-19(26-20)17-9-5-4-6-10-17/h4-6,9-10,15,18H,2-3,7-8,11-14,16H2,1H3,(H,24,26)(H2,22,23,25). The Morgan fingerprint density at radius 3 is 2.67 bits per heavy atom. The van der Waals surface area contributed by atoms with E-state index in [9.17, 15) is 0 Å².